The minimum absolute atomic E-state index is 0.108. The van der Waals surface area contributed by atoms with E-state index < -0.39 is 97.5 Å². The molecular formula is C87H170O17P2. The van der Waals surface area contributed by atoms with Crippen molar-refractivity contribution in [1.29, 1.82) is 0 Å². The topological polar surface area (TPSA) is 237 Å². The van der Waals surface area contributed by atoms with Crippen LogP contribution in [0.15, 0.2) is 0 Å². The molecule has 19 heteroatoms. The van der Waals surface area contributed by atoms with Gasteiger partial charge in [-0.05, 0) is 37.5 Å². The lowest BCUT2D eigenvalue weighted by Gasteiger charge is -2.21. The third-order valence-corrected chi connectivity index (χ3v) is 22.7. The van der Waals surface area contributed by atoms with E-state index in [1.165, 1.54) is 276 Å². The van der Waals surface area contributed by atoms with Crippen molar-refractivity contribution in [3.05, 3.63) is 0 Å². The molecule has 0 bridgehead atoms. The van der Waals surface area contributed by atoms with E-state index in [1.807, 2.05) is 0 Å². The summed E-state index contributed by atoms with van der Waals surface area (Å²) >= 11 is 0. The molecule has 0 aromatic heterocycles. The number of phosphoric ester groups is 2. The molecular weight excluding hydrogens is 1380 g/mol. The second-order valence-electron chi connectivity index (χ2n) is 32.0. The summed E-state index contributed by atoms with van der Waals surface area (Å²) < 4.78 is 68.9. The van der Waals surface area contributed by atoms with Crippen molar-refractivity contribution < 1.29 is 80.2 Å². The van der Waals surface area contributed by atoms with E-state index in [1.54, 1.807) is 0 Å². The molecule has 0 spiro atoms. The number of hydrogen-bond donors (Lipinski definition) is 3. The first kappa shape index (κ1) is 104. The molecule has 0 saturated heterocycles. The van der Waals surface area contributed by atoms with Gasteiger partial charge in [-0.2, -0.15) is 0 Å². The SMILES string of the molecule is CCCCCCCCCCCCCCCCCCCCCC(=O)OC[C@H](COP(=O)(O)OC[C@@H](O)COP(=O)(O)OC[C@@H](COC(=O)CCCCCCCCC(C)C)OC(=O)CCCCCCCCCCCCCCCCCC)OC(=O)CCCCCCCCCCCCCCCCCCCCC(C)CC. The summed E-state index contributed by atoms with van der Waals surface area (Å²) in [6.45, 7) is 9.66. The van der Waals surface area contributed by atoms with Crippen LogP contribution in [-0.4, -0.2) is 96.7 Å². The Hall–Kier alpha value is -1.94. The Morgan fingerprint density at radius 2 is 0.481 bits per heavy atom. The van der Waals surface area contributed by atoms with Crippen molar-refractivity contribution in [2.75, 3.05) is 39.6 Å². The van der Waals surface area contributed by atoms with E-state index in [0.717, 1.165) is 102 Å². The summed E-state index contributed by atoms with van der Waals surface area (Å²) in [5.41, 5.74) is 0. The van der Waals surface area contributed by atoms with Crippen molar-refractivity contribution in [3.63, 3.8) is 0 Å². The number of aliphatic hydroxyl groups is 1. The van der Waals surface area contributed by atoms with Gasteiger partial charge in [0.05, 0.1) is 26.4 Å². The number of phosphoric acid groups is 2. The van der Waals surface area contributed by atoms with Gasteiger partial charge in [0, 0.05) is 25.7 Å². The summed E-state index contributed by atoms with van der Waals surface area (Å²) in [4.78, 5) is 73.2. The van der Waals surface area contributed by atoms with Crippen LogP contribution in [0.2, 0.25) is 0 Å². The minimum atomic E-state index is -4.97. The van der Waals surface area contributed by atoms with Gasteiger partial charge >= 0.3 is 39.5 Å². The number of rotatable bonds is 86. The second kappa shape index (κ2) is 78.3. The maximum absolute atomic E-state index is 13.2. The van der Waals surface area contributed by atoms with Crippen LogP contribution in [0.4, 0.5) is 0 Å². The molecule has 0 aliphatic carbocycles. The smallest absolute Gasteiger partial charge is 0.462 e. The van der Waals surface area contributed by atoms with Crippen LogP contribution < -0.4 is 0 Å². The Bertz CT molecular complexity index is 2030. The molecule has 0 rings (SSSR count). The van der Waals surface area contributed by atoms with E-state index in [0.29, 0.717) is 31.6 Å². The molecule has 106 heavy (non-hydrogen) atoms. The van der Waals surface area contributed by atoms with Crippen LogP contribution in [0.25, 0.3) is 0 Å². The van der Waals surface area contributed by atoms with Gasteiger partial charge in [-0.1, -0.05) is 414 Å². The molecule has 0 fully saturated rings. The van der Waals surface area contributed by atoms with Crippen molar-refractivity contribution in [3.8, 4) is 0 Å². The first-order valence-corrected chi connectivity index (χ1v) is 48.0. The highest BCUT2D eigenvalue weighted by atomic mass is 31.2. The quantitative estimate of drug-likeness (QED) is 0.0222. The maximum Gasteiger partial charge on any atom is 0.472 e. The van der Waals surface area contributed by atoms with E-state index in [9.17, 15) is 43.2 Å². The Morgan fingerprint density at radius 3 is 0.717 bits per heavy atom. The first-order valence-electron chi connectivity index (χ1n) is 45.0. The normalized spacial score (nSPS) is 14.1. The van der Waals surface area contributed by atoms with Crippen molar-refractivity contribution in [2.24, 2.45) is 11.8 Å². The zero-order valence-electron chi connectivity index (χ0n) is 69.7. The summed E-state index contributed by atoms with van der Waals surface area (Å²) in [6, 6.07) is 0. The summed E-state index contributed by atoms with van der Waals surface area (Å²) in [6.07, 6.45) is 71.0. The lowest BCUT2D eigenvalue weighted by molar-refractivity contribution is -0.161. The van der Waals surface area contributed by atoms with E-state index in [2.05, 4.69) is 41.5 Å². The number of aliphatic hydroxyl groups excluding tert-OH is 1. The first-order chi connectivity index (χ1) is 51.4. The summed E-state index contributed by atoms with van der Waals surface area (Å²) in [5, 5.41) is 10.7. The zero-order valence-corrected chi connectivity index (χ0v) is 71.5. The number of carbonyl (C=O) groups excluding carboxylic acids is 4. The van der Waals surface area contributed by atoms with E-state index >= 15 is 0 Å². The van der Waals surface area contributed by atoms with Gasteiger partial charge in [0.15, 0.2) is 12.2 Å². The maximum atomic E-state index is 13.2. The van der Waals surface area contributed by atoms with Crippen LogP contribution in [0.1, 0.15) is 465 Å². The Balaban J connectivity index is 5.20. The van der Waals surface area contributed by atoms with Crippen molar-refractivity contribution in [1.82, 2.24) is 0 Å². The van der Waals surface area contributed by atoms with Crippen LogP contribution in [0.3, 0.4) is 0 Å². The largest absolute Gasteiger partial charge is 0.472 e. The standard InChI is InChI=1S/C87H170O17P2/c1-7-10-12-14-16-18-20-22-24-26-27-31-35-38-42-46-50-57-63-69-84(89)97-75-82(103-86(91)71-66-60-52-48-44-40-36-32-29-28-30-33-37-41-45-49-56-62-68-80(6)9-3)77-101-105(93,94)99-73-81(88)74-100-106(95,96)102-78-83(76-98-85(90)70-64-58-54-53-55-61-67-79(4)5)104-87(92)72-65-59-51-47-43-39-34-25-23-21-19-17-15-13-11-8-2/h79-83,88H,7-78H2,1-6H3,(H,93,94)(H,95,96)/t80?,81-,82-,83-/m1/s1. The molecule has 0 saturated carbocycles. The van der Waals surface area contributed by atoms with Crippen LogP contribution in [0, 0.1) is 11.8 Å². The Labute approximate surface area is 651 Å². The molecule has 0 aliphatic heterocycles. The molecule has 0 radical (unpaired) electrons. The van der Waals surface area contributed by atoms with Crippen LogP contribution in [-0.2, 0) is 65.4 Å². The van der Waals surface area contributed by atoms with E-state index in [4.69, 9.17) is 37.0 Å². The lowest BCUT2D eigenvalue weighted by atomic mass is 9.99. The number of ether oxygens (including phenoxy) is 4. The highest BCUT2D eigenvalue weighted by molar-refractivity contribution is 7.47. The fraction of sp³-hybridized carbons (Fsp3) is 0.954. The van der Waals surface area contributed by atoms with Gasteiger partial charge in [0.2, 0.25) is 0 Å². The molecule has 0 heterocycles. The lowest BCUT2D eigenvalue weighted by Crippen LogP contribution is -2.30. The summed E-state index contributed by atoms with van der Waals surface area (Å²) in [5.74, 6) is -0.553. The predicted octanol–water partition coefficient (Wildman–Crippen LogP) is 26.6. The molecule has 6 atom stereocenters. The Morgan fingerprint density at radius 1 is 0.274 bits per heavy atom. The monoisotopic (exact) mass is 1550 g/mol. The van der Waals surface area contributed by atoms with Crippen molar-refractivity contribution >= 4 is 39.5 Å². The molecule has 0 amide bonds. The zero-order chi connectivity index (χ0) is 77.8. The van der Waals surface area contributed by atoms with E-state index in [-0.39, 0.29) is 25.7 Å². The van der Waals surface area contributed by atoms with Gasteiger partial charge in [-0.25, -0.2) is 9.13 Å². The van der Waals surface area contributed by atoms with Gasteiger partial charge in [-0.3, -0.25) is 37.3 Å². The second-order valence-corrected chi connectivity index (χ2v) is 34.9. The third kappa shape index (κ3) is 78.7. The highest BCUT2D eigenvalue weighted by Crippen LogP contribution is 2.45. The molecule has 0 aliphatic rings. The van der Waals surface area contributed by atoms with Crippen LogP contribution >= 0.6 is 15.6 Å². The number of esters is 4. The van der Waals surface area contributed by atoms with Crippen LogP contribution in [0.5, 0.6) is 0 Å². The molecule has 630 valence electrons. The fourth-order valence-electron chi connectivity index (χ4n) is 13.6. The average molecular weight is 1550 g/mol. The van der Waals surface area contributed by atoms with Gasteiger partial charge in [0.1, 0.15) is 19.3 Å². The number of carbonyl (C=O) groups is 4. The van der Waals surface area contributed by atoms with Gasteiger partial charge in [-0.15, -0.1) is 0 Å². The predicted molar refractivity (Wildman–Crippen MR) is 437 cm³/mol. The molecule has 3 N–H and O–H groups in total. The van der Waals surface area contributed by atoms with Gasteiger partial charge in [0.25, 0.3) is 0 Å². The van der Waals surface area contributed by atoms with Crippen molar-refractivity contribution in [2.45, 2.75) is 484 Å². The minimum Gasteiger partial charge on any atom is -0.462 e. The highest BCUT2D eigenvalue weighted by Gasteiger charge is 2.30. The number of unbranched alkanes of at least 4 members (excludes halogenated alkanes) is 55. The van der Waals surface area contributed by atoms with Gasteiger partial charge < -0.3 is 33.8 Å². The third-order valence-electron chi connectivity index (χ3n) is 20.8. The average Bonchev–Trinajstić information content (AvgIpc) is 0.906. The summed E-state index contributed by atoms with van der Waals surface area (Å²) in [7, 11) is -9.93. The Kier molecular flexibility index (Phi) is 76.9. The molecule has 0 aromatic rings. The molecule has 17 nitrogen and oxygen atoms in total. The molecule has 0 aromatic carbocycles. The number of hydrogen-bond acceptors (Lipinski definition) is 15. The fourth-order valence-corrected chi connectivity index (χ4v) is 15.1. The molecule has 3 unspecified atom stereocenters.